The number of halogens is 2. The average Bonchev–Trinajstić information content (AvgIpc) is 3.06. The molecular formula is C20H15ClFN5O3. The van der Waals surface area contributed by atoms with Crippen LogP contribution in [-0.4, -0.2) is 25.1 Å². The Morgan fingerprint density at radius 1 is 1.13 bits per heavy atom. The number of carbonyl (C=O) groups is 1. The van der Waals surface area contributed by atoms with Crippen molar-refractivity contribution in [1.29, 1.82) is 0 Å². The van der Waals surface area contributed by atoms with E-state index in [0.29, 0.717) is 10.8 Å². The van der Waals surface area contributed by atoms with Crippen molar-refractivity contribution in [3.63, 3.8) is 0 Å². The summed E-state index contributed by atoms with van der Waals surface area (Å²) in [6, 6.07) is 12.4. The van der Waals surface area contributed by atoms with Gasteiger partial charge in [0.05, 0.1) is 0 Å². The smallest absolute Gasteiger partial charge is 0.351 e. The Bertz CT molecular complexity index is 1250. The summed E-state index contributed by atoms with van der Waals surface area (Å²) >= 11 is 5.87. The summed E-state index contributed by atoms with van der Waals surface area (Å²) in [4.78, 5) is 28.9. The molecule has 8 nitrogen and oxygen atoms in total. The zero-order valence-corrected chi connectivity index (χ0v) is 16.2. The van der Waals surface area contributed by atoms with E-state index in [-0.39, 0.29) is 30.4 Å². The fraction of sp³-hybridized carbons (Fsp3) is 0.100. The fourth-order valence-electron chi connectivity index (χ4n) is 2.71. The lowest BCUT2D eigenvalue weighted by molar-refractivity contribution is -0.122. The van der Waals surface area contributed by atoms with Crippen LogP contribution in [0.5, 0.6) is 11.6 Å². The summed E-state index contributed by atoms with van der Waals surface area (Å²) in [6.45, 7) is -0.0875. The standard InChI is InChI=1S/C20H15ClFN5O3/c21-14-3-7-16(8-4-14)30-19-18-25-27(20(29)26(18)10-9-23-19)12-17(28)24-11-13-1-5-15(22)6-2-13/h1-10H,11-12H2,(H,24,28). The monoisotopic (exact) mass is 427 g/mol. The van der Waals surface area contributed by atoms with E-state index >= 15 is 0 Å². The number of amides is 1. The first kappa shape index (κ1) is 19.6. The number of benzene rings is 2. The molecule has 0 unspecified atom stereocenters. The first-order chi connectivity index (χ1) is 14.5. The molecule has 4 aromatic rings. The second-order valence-corrected chi connectivity index (χ2v) is 6.76. The van der Waals surface area contributed by atoms with Gasteiger partial charge in [-0.15, -0.1) is 5.10 Å². The average molecular weight is 428 g/mol. The van der Waals surface area contributed by atoms with Crippen molar-refractivity contribution in [1.82, 2.24) is 24.5 Å². The van der Waals surface area contributed by atoms with Crippen LogP contribution < -0.4 is 15.7 Å². The maximum Gasteiger partial charge on any atom is 0.351 e. The largest absolute Gasteiger partial charge is 0.436 e. The number of nitrogens with zero attached hydrogens (tertiary/aromatic N) is 4. The van der Waals surface area contributed by atoms with Gasteiger partial charge in [-0.3, -0.25) is 4.79 Å². The van der Waals surface area contributed by atoms with Gasteiger partial charge in [-0.1, -0.05) is 23.7 Å². The molecule has 0 radical (unpaired) electrons. The Hall–Kier alpha value is -3.72. The van der Waals surface area contributed by atoms with Gasteiger partial charge < -0.3 is 10.1 Å². The van der Waals surface area contributed by atoms with Crippen molar-refractivity contribution in [2.24, 2.45) is 0 Å². The number of hydrogen-bond donors (Lipinski definition) is 1. The predicted molar refractivity (Wildman–Crippen MR) is 107 cm³/mol. The summed E-state index contributed by atoms with van der Waals surface area (Å²) in [5.74, 6) is -0.189. The highest BCUT2D eigenvalue weighted by Gasteiger charge is 2.15. The second kappa shape index (κ2) is 8.34. The number of nitrogens with one attached hydrogen (secondary N) is 1. The molecule has 0 aliphatic heterocycles. The molecule has 2 aromatic carbocycles. The Kier molecular flexibility index (Phi) is 5.44. The molecule has 30 heavy (non-hydrogen) atoms. The Balaban J connectivity index is 1.51. The minimum atomic E-state index is -0.509. The van der Waals surface area contributed by atoms with Gasteiger partial charge in [0, 0.05) is 24.0 Å². The Labute approximate surface area is 174 Å². The van der Waals surface area contributed by atoms with E-state index in [4.69, 9.17) is 16.3 Å². The van der Waals surface area contributed by atoms with Crippen LogP contribution in [0.1, 0.15) is 5.56 Å². The molecule has 0 aliphatic rings. The van der Waals surface area contributed by atoms with Gasteiger partial charge in [0.25, 0.3) is 5.88 Å². The van der Waals surface area contributed by atoms with E-state index < -0.39 is 11.6 Å². The van der Waals surface area contributed by atoms with Gasteiger partial charge in [-0.25, -0.2) is 23.3 Å². The number of aromatic nitrogens is 4. The van der Waals surface area contributed by atoms with Gasteiger partial charge in [0.2, 0.25) is 11.6 Å². The number of carbonyl (C=O) groups excluding carboxylic acids is 1. The van der Waals surface area contributed by atoms with E-state index in [2.05, 4.69) is 15.4 Å². The molecular weight excluding hydrogens is 413 g/mol. The van der Waals surface area contributed by atoms with Crippen LogP contribution in [0.2, 0.25) is 5.02 Å². The van der Waals surface area contributed by atoms with Gasteiger partial charge in [0.1, 0.15) is 18.1 Å². The van der Waals surface area contributed by atoms with Crippen molar-refractivity contribution in [2.45, 2.75) is 13.1 Å². The molecule has 152 valence electrons. The highest BCUT2D eigenvalue weighted by Crippen LogP contribution is 2.23. The molecule has 0 aliphatic carbocycles. The normalized spacial score (nSPS) is 10.9. The minimum Gasteiger partial charge on any atom is -0.436 e. The number of hydrogen-bond acceptors (Lipinski definition) is 5. The van der Waals surface area contributed by atoms with Crippen molar-refractivity contribution in [3.8, 4) is 11.6 Å². The first-order valence-corrected chi connectivity index (χ1v) is 9.26. The molecule has 0 spiro atoms. The van der Waals surface area contributed by atoms with Crippen LogP contribution in [0.4, 0.5) is 4.39 Å². The van der Waals surface area contributed by atoms with Gasteiger partial charge in [0.15, 0.2) is 0 Å². The van der Waals surface area contributed by atoms with E-state index in [9.17, 15) is 14.0 Å². The summed E-state index contributed by atoms with van der Waals surface area (Å²) < 4.78 is 20.9. The van der Waals surface area contributed by atoms with Crippen molar-refractivity contribution >= 4 is 23.2 Å². The third kappa shape index (κ3) is 4.31. The number of fused-ring (bicyclic) bond motifs is 1. The SMILES string of the molecule is O=C(Cn1nc2c(Oc3ccc(Cl)cc3)nccn2c1=O)NCc1ccc(F)cc1. The zero-order chi connectivity index (χ0) is 21.1. The summed E-state index contributed by atoms with van der Waals surface area (Å²) in [5, 5.41) is 7.40. The van der Waals surface area contributed by atoms with E-state index in [1.165, 1.54) is 28.9 Å². The molecule has 0 saturated heterocycles. The molecule has 2 heterocycles. The minimum absolute atomic E-state index is 0.113. The molecule has 0 bridgehead atoms. The highest BCUT2D eigenvalue weighted by molar-refractivity contribution is 6.30. The van der Waals surface area contributed by atoms with Crippen LogP contribution in [0, 0.1) is 5.82 Å². The summed E-state index contributed by atoms with van der Waals surface area (Å²) in [7, 11) is 0. The number of ether oxygens (including phenoxy) is 1. The fourth-order valence-corrected chi connectivity index (χ4v) is 2.84. The third-order valence-electron chi connectivity index (χ3n) is 4.19. The van der Waals surface area contributed by atoms with Crippen LogP contribution in [-0.2, 0) is 17.9 Å². The van der Waals surface area contributed by atoms with E-state index in [0.717, 1.165) is 10.2 Å². The third-order valence-corrected chi connectivity index (χ3v) is 4.45. The van der Waals surface area contributed by atoms with Crippen LogP contribution in [0.25, 0.3) is 5.65 Å². The second-order valence-electron chi connectivity index (χ2n) is 6.33. The molecule has 1 N–H and O–H groups in total. The maximum atomic E-state index is 12.9. The van der Waals surface area contributed by atoms with E-state index in [1.54, 1.807) is 36.4 Å². The van der Waals surface area contributed by atoms with Crippen LogP contribution >= 0.6 is 11.6 Å². The van der Waals surface area contributed by atoms with Gasteiger partial charge in [-0.2, -0.15) is 0 Å². The topological polar surface area (TPSA) is 90.5 Å². The van der Waals surface area contributed by atoms with Crippen molar-refractivity contribution in [2.75, 3.05) is 0 Å². The van der Waals surface area contributed by atoms with Crippen molar-refractivity contribution in [3.05, 3.63) is 87.8 Å². The molecule has 10 heteroatoms. The first-order valence-electron chi connectivity index (χ1n) is 8.88. The van der Waals surface area contributed by atoms with Crippen molar-refractivity contribution < 1.29 is 13.9 Å². The number of rotatable bonds is 6. The summed E-state index contributed by atoms with van der Waals surface area (Å²) in [6.07, 6.45) is 2.84. The lowest BCUT2D eigenvalue weighted by Crippen LogP contribution is -2.32. The quantitative estimate of drug-likeness (QED) is 0.511. The summed E-state index contributed by atoms with van der Waals surface area (Å²) in [5.41, 5.74) is 0.393. The van der Waals surface area contributed by atoms with Crippen LogP contribution in [0.15, 0.2) is 65.7 Å². The molecule has 0 atom stereocenters. The lowest BCUT2D eigenvalue weighted by Gasteiger charge is -2.05. The Morgan fingerprint density at radius 3 is 2.60 bits per heavy atom. The molecule has 0 saturated carbocycles. The molecule has 0 fully saturated rings. The molecule has 2 aromatic heterocycles. The molecule has 4 rings (SSSR count). The molecule has 1 amide bonds. The zero-order valence-electron chi connectivity index (χ0n) is 15.5. The van der Waals surface area contributed by atoms with E-state index in [1.807, 2.05) is 0 Å². The maximum absolute atomic E-state index is 12.9. The Morgan fingerprint density at radius 2 is 1.87 bits per heavy atom. The predicted octanol–water partition coefficient (Wildman–Crippen LogP) is 2.79. The highest BCUT2D eigenvalue weighted by atomic mass is 35.5. The van der Waals surface area contributed by atoms with Gasteiger partial charge >= 0.3 is 5.69 Å². The lowest BCUT2D eigenvalue weighted by atomic mass is 10.2. The van der Waals surface area contributed by atoms with Gasteiger partial charge in [-0.05, 0) is 42.0 Å². The van der Waals surface area contributed by atoms with Crippen LogP contribution in [0.3, 0.4) is 0 Å².